The van der Waals surface area contributed by atoms with E-state index in [0.29, 0.717) is 6.04 Å². The maximum atomic E-state index is 4.52. The first-order chi connectivity index (χ1) is 8.19. The predicted molar refractivity (Wildman–Crippen MR) is 71.6 cm³/mol. The molecule has 94 valence electrons. The van der Waals surface area contributed by atoms with E-state index in [1.165, 1.54) is 12.8 Å². The van der Waals surface area contributed by atoms with Gasteiger partial charge in [0.1, 0.15) is 17.5 Å². The van der Waals surface area contributed by atoms with Gasteiger partial charge in [-0.3, -0.25) is 0 Å². The van der Waals surface area contributed by atoms with Crippen molar-refractivity contribution in [2.75, 3.05) is 23.3 Å². The zero-order valence-corrected chi connectivity index (χ0v) is 11.0. The van der Waals surface area contributed by atoms with Crippen LogP contribution in [0.4, 0.5) is 11.6 Å². The van der Waals surface area contributed by atoms with Crippen molar-refractivity contribution in [3.8, 4) is 0 Å². The van der Waals surface area contributed by atoms with E-state index in [1.54, 1.807) is 0 Å². The highest BCUT2D eigenvalue weighted by molar-refractivity contribution is 5.50. The molecule has 1 fully saturated rings. The summed E-state index contributed by atoms with van der Waals surface area (Å²) in [5.41, 5.74) is 0. The van der Waals surface area contributed by atoms with Crippen LogP contribution in [0.5, 0.6) is 0 Å². The molecule has 1 aliphatic rings. The molecule has 1 unspecified atom stereocenters. The number of nitrogens with zero attached hydrogens (tertiary/aromatic N) is 3. The summed E-state index contributed by atoms with van der Waals surface area (Å²) in [5.74, 6) is 2.87. The van der Waals surface area contributed by atoms with Crippen LogP contribution in [-0.2, 0) is 0 Å². The van der Waals surface area contributed by atoms with Crippen molar-refractivity contribution in [2.45, 2.75) is 46.1 Å². The Kier molecular flexibility index (Phi) is 3.82. The zero-order valence-electron chi connectivity index (χ0n) is 11.0. The summed E-state index contributed by atoms with van der Waals surface area (Å²) in [7, 11) is 0. The Balaban J connectivity index is 2.16. The highest BCUT2D eigenvalue weighted by Crippen LogP contribution is 2.20. The molecular weight excluding hydrogens is 212 g/mol. The number of hydrogen-bond donors (Lipinski definition) is 1. The molecule has 1 saturated heterocycles. The molecule has 0 bridgehead atoms. The fourth-order valence-corrected chi connectivity index (χ4v) is 2.09. The van der Waals surface area contributed by atoms with Crippen molar-refractivity contribution in [1.29, 1.82) is 0 Å². The average molecular weight is 234 g/mol. The molecule has 0 radical (unpaired) electrons. The largest absolute Gasteiger partial charge is 0.367 e. The minimum absolute atomic E-state index is 0.454. The number of aryl methyl sites for hydroxylation is 1. The smallest absolute Gasteiger partial charge is 0.134 e. The first-order valence-corrected chi connectivity index (χ1v) is 6.56. The van der Waals surface area contributed by atoms with Crippen molar-refractivity contribution < 1.29 is 0 Å². The summed E-state index contributed by atoms with van der Waals surface area (Å²) < 4.78 is 0. The highest BCUT2D eigenvalue weighted by atomic mass is 15.2. The lowest BCUT2D eigenvalue weighted by atomic mass is 10.2. The number of rotatable bonds is 4. The van der Waals surface area contributed by atoms with E-state index in [0.717, 1.165) is 37.0 Å². The number of anilines is 2. The Morgan fingerprint density at radius 3 is 2.71 bits per heavy atom. The fourth-order valence-electron chi connectivity index (χ4n) is 2.09. The summed E-state index contributed by atoms with van der Waals surface area (Å²) in [4.78, 5) is 11.3. The van der Waals surface area contributed by atoms with Gasteiger partial charge in [-0.15, -0.1) is 0 Å². The van der Waals surface area contributed by atoms with Gasteiger partial charge in [0.05, 0.1) is 0 Å². The SMILES string of the molecule is CCC(C)Nc1cc(N2CCCC2)nc(C)n1. The standard InChI is InChI=1S/C13H22N4/c1-4-10(2)14-12-9-13(16-11(3)15-12)17-7-5-6-8-17/h9-10H,4-8H2,1-3H3,(H,14,15,16). The summed E-state index contributed by atoms with van der Waals surface area (Å²) >= 11 is 0. The lowest BCUT2D eigenvalue weighted by molar-refractivity contribution is 0.756. The van der Waals surface area contributed by atoms with Gasteiger partial charge in [-0.25, -0.2) is 9.97 Å². The Morgan fingerprint density at radius 1 is 1.35 bits per heavy atom. The molecule has 1 aromatic rings. The molecule has 4 nitrogen and oxygen atoms in total. The maximum absolute atomic E-state index is 4.52. The Hall–Kier alpha value is -1.32. The minimum atomic E-state index is 0.454. The van der Waals surface area contributed by atoms with Gasteiger partial charge in [0, 0.05) is 25.2 Å². The number of aromatic nitrogens is 2. The van der Waals surface area contributed by atoms with Crippen LogP contribution in [0.25, 0.3) is 0 Å². The normalized spacial score (nSPS) is 17.2. The second-order valence-electron chi connectivity index (χ2n) is 4.81. The monoisotopic (exact) mass is 234 g/mol. The molecule has 1 N–H and O–H groups in total. The molecule has 0 aromatic carbocycles. The van der Waals surface area contributed by atoms with Gasteiger partial charge < -0.3 is 10.2 Å². The summed E-state index contributed by atoms with van der Waals surface area (Å²) in [6.45, 7) is 8.56. The van der Waals surface area contributed by atoms with Crippen molar-refractivity contribution >= 4 is 11.6 Å². The van der Waals surface area contributed by atoms with E-state index in [2.05, 4.69) is 40.1 Å². The van der Waals surface area contributed by atoms with Crippen LogP contribution in [0.3, 0.4) is 0 Å². The van der Waals surface area contributed by atoms with Crippen LogP contribution in [0.15, 0.2) is 6.07 Å². The Labute approximate surface area is 103 Å². The highest BCUT2D eigenvalue weighted by Gasteiger charge is 2.15. The van der Waals surface area contributed by atoms with Crippen LogP contribution in [-0.4, -0.2) is 29.1 Å². The van der Waals surface area contributed by atoms with E-state index in [9.17, 15) is 0 Å². The van der Waals surface area contributed by atoms with E-state index in [4.69, 9.17) is 0 Å². The fraction of sp³-hybridized carbons (Fsp3) is 0.692. The van der Waals surface area contributed by atoms with Crippen LogP contribution < -0.4 is 10.2 Å². The molecule has 0 aliphatic carbocycles. The van der Waals surface area contributed by atoms with Crippen molar-refractivity contribution in [1.82, 2.24) is 9.97 Å². The first kappa shape index (κ1) is 12.1. The van der Waals surface area contributed by atoms with Crippen molar-refractivity contribution in [3.05, 3.63) is 11.9 Å². The summed E-state index contributed by atoms with van der Waals surface area (Å²) in [5, 5.41) is 3.42. The third kappa shape index (κ3) is 3.08. The van der Waals surface area contributed by atoms with Gasteiger partial charge in [-0.05, 0) is 33.1 Å². The number of hydrogen-bond acceptors (Lipinski definition) is 4. The lowest BCUT2D eigenvalue weighted by Crippen LogP contribution is -2.21. The third-order valence-corrected chi connectivity index (χ3v) is 3.26. The molecule has 17 heavy (non-hydrogen) atoms. The van der Waals surface area contributed by atoms with Gasteiger partial charge in [0.15, 0.2) is 0 Å². The quantitative estimate of drug-likeness (QED) is 0.869. The van der Waals surface area contributed by atoms with Crippen LogP contribution in [0.1, 0.15) is 38.9 Å². The van der Waals surface area contributed by atoms with E-state index in [-0.39, 0.29) is 0 Å². The van der Waals surface area contributed by atoms with Crippen LogP contribution in [0.2, 0.25) is 0 Å². The topological polar surface area (TPSA) is 41.0 Å². The second kappa shape index (κ2) is 5.34. The van der Waals surface area contributed by atoms with E-state index < -0.39 is 0 Å². The van der Waals surface area contributed by atoms with Crippen LogP contribution >= 0.6 is 0 Å². The zero-order chi connectivity index (χ0) is 12.3. The Bertz CT molecular complexity index is 372. The summed E-state index contributed by atoms with van der Waals surface area (Å²) in [6.07, 6.45) is 3.65. The lowest BCUT2D eigenvalue weighted by Gasteiger charge is -2.19. The predicted octanol–water partition coefficient (Wildman–Crippen LogP) is 2.60. The van der Waals surface area contributed by atoms with Gasteiger partial charge in [0.25, 0.3) is 0 Å². The molecule has 1 atom stereocenters. The molecule has 0 amide bonds. The second-order valence-corrected chi connectivity index (χ2v) is 4.81. The Morgan fingerprint density at radius 2 is 2.06 bits per heavy atom. The molecule has 2 heterocycles. The van der Waals surface area contributed by atoms with Gasteiger partial charge >= 0.3 is 0 Å². The maximum Gasteiger partial charge on any atom is 0.134 e. The van der Waals surface area contributed by atoms with Gasteiger partial charge in [-0.2, -0.15) is 0 Å². The van der Waals surface area contributed by atoms with Crippen molar-refractivity contribution in [3.63, 3.8) is 0 Å². The first-order valence-electron chi connectivity index (χ1n) is 6.56. The number of nitrogens with one attached hydrogen (secondary N) is 1. The average Bonchev–Trinajstić information content (AvgIpc) is 2.81. The van der Waals surface area contributed by atoms with Crippen molar-refractivity contribution in [2.24, 2.45) is 0 Å². The minimum Gasteiger partial charge on any atom is -0.367 e. The van der Waals surface area contributed by atoms with Crippen LogP contribution in [0, 0.1) is 6.92 Å². The van der Waals surface area contributed by atoms with E-state index >= 15 is 0 Å². The van der Waals surface area contributed by atoms with E-state index in [1.807, 2.05) is 6.92 Å². The molecule has 0 saturated carbocycles. The molecule has 1 aromatic heterocycles. The van der Waals surface area contributed by atoms with Gasteiger partial charge in [0.2, 0.25) is 0 Å². The molecular formula is C13H22N4. The molecule has 2 rings (SSSR count). The summed E-state index contributed by atoms with van der Waals surface area (Å²) in [6, 6.07) is 2.53. The molecule has 4 heteroatoms. The molecule has 0 spiro atoms. The molecule has 1 aliphatic heterocycles. The third-order valence-electron chi connectivity index (χ3n) is 3.26. The van der Waals surface area contributed by atoms with Gasteiger partial charge in [-0.1, -0.05) is 6.92 Å².